The molecule has 0 radical (unpaired) electrons. The number of hydrogen-bond donors (Lipinski definition) is 0. The molecule has 0 spiro atoms. The lowest BCUT2D eigenvalue weighted by atomic mass is 9.92. The van der Waals surface area contributed by atoms with E-state index < -0.39 is 0 Å². The number of rotatable bonds is 3. The van der Waals surface area contributed by atoms with Crippen molar-refractivity contribution >= 4 is 43.4 Å². The highest BCUT2D eigenvalue weighted by atomic mass is 14.8. The van der Waals surface area contributed by atoms with E-state index in [9.17, 15) is 0 Å². The van der Waals surface area contributed by atoms with Crippen LogP contribution in [0.1, 0.15) is 0 Å². The monoisotopic (exact) mass is 508 g/mol. The summed E-state index contributed by atoms with van der Waals surface area (Å²) >= 11 is 0. The summed E-state index contributed by atoms with van der Waals surface area (Å²) in [5, 5.41) is 7.68. The van der Waals surface area contributed by atoms with Crippen molar-refractivity contribution in [3.8, 4) is 33.6 Å². The minimum Gasteiger partial charge on any atom is -0.244 e. The van der Waals surface area contributed by atoms with Gasteiger partial charge in [-0.05, 0) is 61.6 Å². The molecule has 0 amide bonds. The highest BCUT2D eigenvalue weighted by Gasteiger charge is 2.14. The molecule has 0 aliphatic carbocycles. The van der Waals surface area contributed by atoms with Gasteiger partial charge in [-0.2, -0.15) is 0 Å². The summed E-state index contributed by atoms with van der Waals surface area (Å²) in [5.41, 5.74) is 8.00. The van der Waals surface area contributed by atoms with Gasteiger partial charge in [-0.1, -0.05) is 127 Å². The van der Waals surface area contributed by atoms with Gasteiger partial charge in [0.2, 0.25) is 0 Å². The second kappa shape index (κ2) is 9.14. The van der Waals surface area contributed by atoms with E-state index in [4.69, 9.17) is 9.97 Å². The molecule has 186 valence electrons. The minimum absolute atomic E-state index is 0.888. The Hall–Kier alpha value is -5.34. The molecule has 0 aliphatic rings. The fourth-order valence-electron chi connectivity index (χ4n) is 5.92. The number of nitrogens with zero attached hydrogens (tertiary/aromatic N) is 2. The van der Waals surface area contributed by atoms with E-state index in [0.29, 0.717) is 0 Å². The van der Waals surface area contributed by atoms with E-state index in [1.807, 2.05) is 24.3 Å². The maximum atomic E-state index is 5.20. The zero-order valence-electron chi connectivity index (χ0n) is 21.8. The lowest BCUT2D eigenvalue weighted by Crippen LogP contribution is -1.95. The maximum Gasteiger partial charge on any atom is 0.0973 e. The Morgan fingerprint density at radius 3 is 1.27 bits per heavy atom. The van der Waals surface area contributed by atoms with E-state index in [1.165, 1.54) is 37.9 Å². The van der Waals surface area contributed by atoms with Crippen LogP contribution in [0.25, 0.3) is 77.0 Å². The van der Waals surface area contributed by atoms with Gasteiger partial charge in [-0.15, -0.1) is 0 Å². The van der Waals surface area contributed by atoms with E-state index in [1.54, 1.807) is 0 Å². The molecule has 1 heterocycles. The van der Waals surface area contributed by atoms with E-state index in [-0.39, 0.29) is 0 Å². The Balaban J connectivity index is 1.34. The average Bonchev–Trinajstić information content (AvgIpc) is 3.04. The van der Waals surface area contributed by atoms with Crippen molar-refractivity contribution in [2.45, 2.75) is 0 Å². The molecule has 0 saturated carbocycles. The number of fused-ring (bicyclic) bond motifs is 7. The molecule has 0 N–H and O–H groups in total. The van der Waals surface area contributed by atoms with Crippen LogP contribution < -0.4 is 0 Å². The first-order valence-corrected chi connectivity index (χ1v) is 13.6. The molecule has 0 unspecified atom stereocenters. The second-order valence-corrected chi connectivity index (χ2v) is 10.2. The maximum absolute atomic E-state index is 5.20. The van der Waals surface area contributed by atoms with Crippen LogP contribution in [-0.4, -0.2) is 9.97 Å². The third-order valence-corrected chi connectivity index (χ3v) is 7.84. The van der Waals surface area contributed by atoms with Crippen LogP contribution in [0.2, 0.25) is 0 Å². The van der Waals surface area contributed by atoms with Crippen LogP contribution in [0.5, 0.6) is 0 Å². The molecule has 0 aliphatic heterocycles. The molecule has 1 aromatic heterocycles. The van der Waals surface area contributed by atoms with Crippen LogP contribution in [-0.2, 0) is 0 Å². The van der Waals surface area contributed by atoms with Crippen LogP contribution in [0.3, 0.4) is 0 Å². The molecule has 8 rings (SSSR count). The molecule has 2 heteroatoms. The first-order chi connectivity index (χ1) is 19.8. The van der Waals surface area contributed by atoms with Gasteiger partial charge in [0.15, 0.2) is 0 Å². The number of aromatic nitrogens is 2. The van der Waals surface area contributed by atoms with Gasteiger partial charge in [-0.25, -0.2) is 9.97 Å². The second-order valence-electron chi connectivity index (χ2n) is 10.2. The first-order valence-electron chi connectivity index (χ1n) is 13.6. The van der Waals surface area contributed by atoms with Crippen LogP contribution in [0, 0.1) is 0 Å². The van der Waals surface area contributed by atoms with Gasteiger partial charge in [0.1, 0.15) is 0 Å². The molecule has 0 bridgehead atoms. The summed E-state index contributed by atoms with van der Waals surface area (Å²) in [7, 11) is 0. The number of benzene rings is 7. The molecule has 0 saturated heterocycles. The van der Waals surface area contributed by atoms with E-state index in [2.05, 4.69) is 121 Å². The van der Waals surface area contributed by atoms with Crippen LogP contribution >= 0.6 is 0 Å². The van der Waals surface area contributed by atoms with Crippen molar-refractivity contribution < 1.29 is 0 Å². The standard InChI is InChI=1S/C38H24N2/c1-3-11-25(12-4-1)37-38(26-13-5-2-6-14-26)40-36-24-28(20-22-35(36)39-37)27-19-21-33-31-17-8-7-15-29(31)30-16-9-10-18-32(30)34(33)23-27/h1-24H. The van der Waals surface area contributed by atoms with Gasteiger partial charge in [0.25, 0.3) is 0 Å². The highest BCUT2D eigenvalue weighted by molar-refractivity contribution is 6.25. The van der Waals surface area contributed by atoms with Crippen molar-refractivity contribution in [3.05, 3.63) is 146 Å². The van der Waals surface area contributed by atoms with Crippen molar-refractivity contribution in [1.82, 2.24) is 9.97 Å². The Kier molecular flexibility index (Phi) is 5.17. The Labute approximate surface area is 232 Å². The fraction of sp³-hybridized carbons (Fsp3) is 0. The molecule has 7 aromatic carbocycles. The largest absolute Gasteiger partial charge is 0.244 e. The summed E-state index contributed by atoms with van der Waals surface area (Å²) in [4.78, 5) is 10.3. The lowest BCUT2D eigenvalue weighted by molar-refractivity contribution is 1.29. The summed E-state index contributed by atoms with van der Waals surface area (Å²) in [5.74, 6) is 0. The smallest absolute Gasteiger partial charge is 0.0973 e. The SMILES string of the molecule is c1ccc(-c2nc3ccc(-c4ccc5c6ccccc6c6ccccc6c5c4)cc3nc2-c2ccccc2)cc1. The van der Waals surface area contributed by atoms with E-state index in [0.717, 1.165) is 39.1 Å². The minimum atomic E-state index is 0.888. The van der Waals surface area contributed by atoms with Gasteiger partial charge >= 0.3 is 0 Å². The Bertz CT molecular complexity index is 2160. The lowest BCUT2D eigenvalue weighted by Gasteiger charge is -2.13. The average molecular weight is 509 g/mol. The molecule has 40 heavy (non-hydrogen) atoms. The van der Waals surface area contributed by atoms with Gasteiger partial charge in [0, 0.05) is 11.1 Å². The van der Waals surface area contributed by atoms with Crippen LogP contribution in [0.15, 0.2) is 146 Å². The molecule has 0 atom stereocenters. The summed E-state index contributed by atoms with van der Waals surface area (Å²) < 4.78 is 0. The molecule has 0 fully saturated rings. The molecule has 8 aromatic rings. The predicted molar refractivity (Wildman–Crippen MR) is 168 cm³/mol. The van der Waals surface area contributed by atoms with Crippen molar-refractivity contribution in [2.75, 3.05) is 0 Å². The summed E-state index contributed by atoms with van der Waals surface area (Å²) in [6.45, 7) is 0. The third kappa shape index (κ3) is 3.65. The van der Waals surface area contributed by atoms with Crippen molar-refractivity contribution in [1.29, 1.82) is 0 Å². The third-order valence-electron chi connectivity index (χ3n) is 7.84. The summed E-state index contributed by atoms with van der Waals surface area (Å²) in [6.07, 6.45) is 0. The predicted octanol–water partition coefficient (Wildman–Crippen LogP) is 10.1. The normalized spacial score (nSPS) is 11.5. The number of hydrogen-bond acceptors (Lipinski definition) is 2. The quantitative estimate of drug-likeness (QED) is 0.222. The highest BCUT2D eigenvalue weighted by Crippen LogP contribution is 2.38. The van der Waals surface area contributed by atoms with E-state index >= 15 is 0 Å². The molecule has 2 nitrogen and oxygen atoms in total. The van der Waals surface area contributed by atoms with Crippen LogP contribution in [0.4, 0.5) is 0 Å². The topological polar surface area (TPSA) is 25.8 Å². The van der Waals surface area contributed by atoms with Crippen molar-refractivity contribution in [3.63, 3.8) is 0 Å². The summed E-state index contributed by atoms with van der Waals surface area (Å²) in [6, 6.07) is 51.3. The Morgan fingerprint density at radius 2 is 0.700 bits per heavy atom. The zero-order chi connectivity index (χ0) is 26.5. The van der Waals surface area contributed by atoms with Crippen molar-refractivity contribution in [2.24, 2.45) is 0 Å². The van der Waals surface area contributed by atoms with Gasteiger partial charge in [0.05, 0.1) is 22.4 Å². The van der Waals surface area contributed by atoms with Gasteiger partial charge < -0.3 is 0 Å². The Morgan fingerprint density at radius 1 is 0.275 bits per heavy atom. The first kappa shape index (κ1) is 22.6. The van der Waals surface area contributed by atoms with Gasteiger partial charge in [-0.3, -0.25) is 0 Å². The fourth-order valence-corrected chi connectivity index (χ4v) is 5.92. The molecular formula is C38H24N2. The zero-order valence-corrected chi connectivity index (χ0v) is 21.8. The molecular weight excluding hydrogens is 484 g/mol.